The number of nitrogens with one attached hydrogen (secondary N) is 1. The summed E-state index contributed by atoms with van der Waals surface area (Å²) in [4.78, 5) is 12.4. The van der Waals surface area contributed by atoms with E-state index in [-0.39, 0.29) is 4.90 Å². The molecule has 0 radical (unpaired) electrons. The van der Waals surface area contributed by atoms with Crippen LogP contribution in [-0.2, 0) is 21.9 Å². The predicted octanol–water partition coefficient (Wildman–Crippen LogP) is 3.85. The molecule has 0 aliphatic heterocycles. The molecule has 2 aromatic heterocycles. The number of ether oxygens (including phenoxy) is 1. The van der Waals surface area contributed by atoms with E-state index >= 15 is 0 Å². The molecule has 2 aromatic carbocycles. The van der Waals surface area contributed by atoms with E-state index in [1.54, 1.807) is 23.9 Å². The third kappa shape index (κ3) is 4.50. The van der Waals surface area contributed by atoms with E-state index in [2.05, 4.69) is 9.82 Å². The Morgan fingerprint density at radius 2 is 1.88 bits per heavy atom. The van der Waals surface area contributed by atoms with Gasteiger partial charge in [0.1, 0.15) is 11.6 Å². The first-order valence-electron chi connectivity index (χ1n) is 9.89. The number of carbonyl (C=O) groups excluding carboxylic acids is 1. The molecule has 0 saturated carbocycles. The number of rotatable bonds is 6. The Balaban J connectivity index is 1.62. The fourth-order valence-electron chi connectivity index (χ4n) is 3.58. The van der Waals surface area contributed by atoms with Crippen LogP contribution in [-0.4, -0.2) is 35.8 Å². The van der Waals surface area contributed by atoms with E-state index in [1.807, 2.05) is 35.9 Å². The van der Waals surface area contributed by atoms with Crippen molar-refractivity contribution in [2.45, 2.75) is 11.8 Å². The number of benzene rings is 2. The number of hydrogen-bond donors (Lipinski definition) is 1. The number of hydrogen-bond acceptors (Lipinski definition) is 5. The Morgan fingerprint density at radius 1 is 1.15 bits per heavy atom. The van der Waals surface area contributed by atoms with Crippen molar-refractivity contribution in [3.63, 3.8) is 0 Å². The van der Waals surface area contributed by atoms with Crippen molar-refractivity contribution >= 4 is 44.5 Å². The van der Waals surface area contributed by atoms with Gasteiger partial charge in [0, 0.05) is 35.3 Å². The topological polar surface area (TPSA) is 95.2 Å². The molecule has 4 aromatic rings. The van der Waals surface area contributed by atoms with Crippen LogP contribution >= 0.6 is 11.6 Å². The molecule has 0 unspecified atom stereocenters. The molecule has 0 aliphatic carbocycles. The summed E-state index contributed by atoms with van der Waals surface area (Å²) in [6.07, 6.45) is 4.62. The molecule has 10 heteroatoms. The molecule has 4 rings (SSSR count). The zero-order valence-electron chi connectivity index (χ0n) is 18.1. The molecule has 1 N–H and O–H groups in total. The minimum atomic E-state index is -4.02. The maximum Gasteiger partial charge on any atom is 0.264 e. The van der Waals surface area contributed by atoms with Gasteiger partial charge >= 0.3 is 0 Å². The maximum absolute atomic E-state index is 12.5. The van der Waals surface area contributed by atoms with Crippen molar-refractivity contribution in [2.24, 2.45) is 7.05 Å². The van der Waals surface area contributed by atoms with Crippen LogP contribution in [0.25, 0.3) is 22.8 Å². The highest BCUT2D eigenvalue weighted by atomic mass is 35.5. The highest BCUT2D eigenvalue weighted by Crippen LogP contribution is 2.27. The number of sulfonamides is 1. The second-order valence-corrected chi connectivity index (χ2v) is 9.43. The molecule has 1 amide bonds. The number of carbonyl (C=O) groups is 1. The lowest BCUT2D eigenvalue weighted by Gasteiger charge is -2.08. The molecule has 8 nitrogen and oxygen atoms in total. The molecule has 2 heterocycles. The molecule has 0 saturated heterocycles. The maximum atomic E-state index is 12.5. The fourth-order valence-corrected chi connectivity index (χ4v) is 4.71. The standard InChI is InChI=1S/C23H21ClN4O4S/c1-15-20(9-11-22(29)26-33(30,31)19-7-5-18(32-3)6-8-19)23(27(2)25-15)28-13-12-16-14-17(24)4-10-21(16)28/h4-14H,1-3H3,(H,26,29)/b11-9+. The van der Waals surface area contributed by atoms with E-state index in [4.69, 9.17) is 16.3 Å². The summed E-state index contributed by atoms with van der Waals surface area (Å²) in [6.45, 7) is 1.82. The van der Waals surface area contributed by atoms with E-state index in [1.165, 1.54) is 37.5 Å². The van der Waals surface area contributed by atoms with Gasteiger partial charge in [-0.1, -0.05) is 11.6 Å². The molecule has 170 valence electrons. The summed E-state index contributed by atoms with van der Waals surface area (Å²) in [7, 11) is -0.741. The quantitative estimate of drug-likeness (QED) is 0.419. The summed E-state index contributed by atoms with van der Waals surface area (Å²) in [6, 6.07) is 13.3. The molecule has 0 fully saturated rings. The molecule has 0 spiro atoms. The van der Waals surface area contributed by atoms with Crippen LogP contribution in [0.2, 0.25) is 5.02 Å². The minimum Gasteiger partial charge on any atom is -0.497 e. The minimum absolute atomic E-state index is 0.0410. The van der Waals surface area contributed by atoms with Gasteiger partial charge in [-0.15, -0.1) is 0 Å². The van der Waals surface area contributed by atoms with Gasteiger partial charge < -0.3 is 9.30 Å². The highest BCUT2D eigenvalue weighted by molar-refractivity contribution is 7.90. The van der Waals surface area contributed by atoms with Gasteiger partial charge in [0.25, 0.3) is 15.9 Å². The van der Waals surface area contributed by atoms with Crippen LogP contribution < -0.4 is 9.46 Å². The van der Waals surface area contributed by atoms with Gasteiger partial charge in [0.2, 0.25) is 0 Å². The van der Waals surface area contributed by atoms with Crippen LogP contribution in [0.15, 0.2) is 65.7 Å². The van der Waals surface area contributed by atoms with Crippen molar-refractivity contribution in [2.75, 3.05) is 7.11 Å². The van der Waals surface area contributed by atoms with Gasteiger partial charge in [0.05, 0.1) is 23.2 Å². The van der Waals surface area contributed by atoms with Crippen LogP contribution in [0.3, 0.4) is 0 Å². The van der Waals surface area contributed by atoms with Crippen LogP contribution in [0.4, 0.5) is 0 Å². The summed E-state index contributed by atoms with van der Waals surface area (Å²) in [5.74, 6) is 0.468. The summed E-state index contributed by atoms with van der Waals surface area (Å²) in [5.41, 5.74) is 2.29. The average molecular weight is 485 g/mol. The third-order valence-electron chi connectivity index (χ3n) is 5.12. The zero-order chi connectivity index (χ0) is 23.8. The SMILES string of the molecule is COc1ccc(S(=O)(=O)NC(=O)/C=C/c2c(C)nn(C)c2-n2ccc3cc(Cl)ccc32)cc1. The second kappa shape index (κ2) is 8.76. The first kappa shape index (κ1) is 22.6. The first-order chi connectivity index (χ1) is 15.7. The van der Waals surface area contributed by atoms with E-state index in [9.17, 15) is 13.2 Å². The van der Waals surface area contributed by atoms with E-state index < -0.39 is 15.9 Å². The molecule has 33 heavy (non-hydrogen) atoms. The largest absolute Gasteiger partial charge is 0.497 e. The number of aromatic nitrogens is 3. The van der Waals surface area contributed by atoms with Gasteiger partial charge in [-0.2, -0.15) is 5.10 Å². The third-order valence-corrected chi connectivity index (χ3v) is 6.72. The van der Waals surface area contributed by atoms with Crippen molar-refractivity contribution in [3.05, 3.63) is 77.1 Å². The number of aryl methyl sites for hydroxylation is 2. The Labute approximate surface area is 196 Å². The Morgan fingerprint density at radius 3 is 2.58 bits per heavy atom. The van der Waals surface area contributed by atoms with Gasteiger partial charge in [-0.3, -0.25) is 9.48 Å². The number of methoxy groups -OCH3 is 1. The molecule has 0 atom stereocenters. The zero-order valence-corrected chi connectivity index (χ0v) is 19.7. The molecule has 0 bridgehead atoms. The van der Waals surface area contributed by atoms with Crippen molar-refractivity contribution < 1.29 is 17.9 Å². The summed E-state index contributed by atoms with van der Waals surface area (Å²) in [5, 5.41) is 6.06. The van der Waals surface area contributed by atoms with Gasteiger partial charge in [-0.05, 0) is 61.5 Å². The molecular formula is C23H21ClN4O4S. The number of nitrogens with zero attached hydrogens (tertiary/aromatic N) is 3. The Bertz CT molecular complexity index is 1480. The lowest BCUT2D eigenvalue weighted by Crippen LogP contribution is -2.28. The van der Waals surface area contributed by atoms with Crippen LogP contribution in [0.5, 0.6) is 5.75 Å². The van der Waals surface area contributed by atoms with Crippen molar-refractivity contribution in [3.8, 4) is 11.6 Å². The van der Waals surface area contributed by atoms with Crippen LogP contribution in [0.1, 0.15) is 11.3 Å². The van der Waals surface area contributed by atoms with Crippen molar-refractivity contribution in [1.29, 1.82) is 0 Å². The highest BCUT2D eigenvalue weighted by Gasteiger charge is 2.18. The fraction of sp³-hybridized carbons (Fsp3) is 0.130. The van der Waals surface area contributed by atoms with E-state index in [0.29, 0.717) is 22.0 Å². The molecule has 0 aliphatic rings. The van der Waals surface area contributed by atoms with Gasteiger partial charge in [0.15, 0.2) is 0 Å². The Kier molecular flexibility index (Phi) is 6.01. The summed E-state index contributed by atoms with van der Waals surface area (Å²) < 4.78 is 35.8. The summed E-state index contributed by atoms with van der Waals surface area (Å²) >= 11 is 6.10. The smallest absolute Gasteiger partial charge is 0.264 e. The van der Waals surface area contributed by atoms with Crippen molar-refractivity contribution in [1.82, 2.24) is 19.1 Å². The number of fused-ring (bicyclic) bond motifs is 1. The van der Waals surface area contributed by atoms with Crippen LogP contribution in [0, 0.1) is 6.92 Å². The lowest BCUT2D eigenvalue weighted by molar-refractivity contribution is -0.114. The lowest BCUT2D eigenvalue weighted by atomic mass is 10.2. The second-order valence-electron chi connectivity index (χ2n) is 7.31. The first-order valence-corrected chi connectivity index (χ1v) is 11.8. The monoisotopic (exact) mass is 484 g/mol. The van der Waals surface area contributed by atoms with Gasteiger partial charge in [-0.25, -0.2) is 13.1 Å². The number of halogens is 1. The number of amides is 1. The molecular weight excluding hydrogens is 464 g/mol. The normalized spacial score (nSPS) is 11.9. The Hall–Kier alpha value is -3.56. The predicted molar refractivity (Wildman–Crippen MR) is 127 cm³/mol. The average Bonchev–Trinajstić information content (AvgIpc) is 3.30. The van der Waals surface area contributed by atoms with E-state index in [0.717, 1.165) is 16.7 Å².